The number of carbonyl (C=O) groups excluding carboxylic acids is 1. The number of para-hydroxylation sites is 1. The zero-order valence-corrected chi connectivity index (χ0v) is 18.8. The molecule has 0 bridgehead atoms. The minimum atomic E-state index is 0.125. The Balaban J connectivity index is 1.29. The molecular formula is C26H31ClN2O2. The molecule has 2 aromatic carbocycles. The maximum atomic E-state index is 12.8. The van der Waals surface area contributed by atoms with E-state index in [0.29, 0.717) is 17.0 Å². The minimum Gasteiger partial charge on any atom is -0.489 e. The van der Waals surface area contributed by atoms with Gasteiger partial charge in [0.2, 0.25) is 0 Å². The highest BCUT2D eigenvalue weighted by molar-refractivity contribution is 6.30. The number of halogens is 1. The number of likely N-dealkylation sites (tertiary alicyclic amines) is 2. The van der Waals surface area contributed by atoms with Gasteiger partial charge in [0, 0.05) is 35.8 Å². The summed E-state index contributed by atoms with van der Waals surface area (Å²) in [4.78, 5) is 17.3. The molecule has 0 atom stereocenters. The second-order valence-electron chi connectivity index (χ2n) is 8.78. The summed E-state index contributed by atoms with van der Waals surface area (Å²) in [5.41, 5.74) is 2.35. The van der Waals surface area contributed by atoms with E-state index in [1.54, 1.807) is 18.2 Å². The fourth-order valence-corrected chi connectivity index (χ4v) is 4.94. The number of benzene rings is 2. The summed E-state index contributed by atoms with van der Waals surface area (Å²) in [6, 6.07) is 15.5. The van der Waals surface area contributed by atoms with Crippen LogP contribution in [0.2, 0.25) is 5.02 Å². The van der Waals surface area contributed by atoms with E-state index in [9.17, 15) is 4.79 Å². The maximum absolute atomic E-state index is 12.8. The number of hydrogen-bond acceptors (Lipinski definition) is 3. The predicted molar refractivity (Wildman–Crippen MR) is 126 cm³/mol. The van der Waals surface area contributed by atoms with Crippen LogP contribution in [-0.2, 0) is 6.54 Å². The van der Waals surface area contributed by atoms with Crippen LogP contribution < -0.4 is 4.74 Å². The van der Waals surface area contributed by atoms with Crippen molar-refractivity contribution >= 4 is 17.5 Å². The summed E-state index contributed by atoms with van der Waals surface area (Å²) < 4.78 is 5.83. The van der Waals surface area contributed by atoms with Crippen LogP contribution in [0.25, 0.3) is 0 Å². The van der Waals surface area contributed by atoms with Gasteiger partial charge in [-0.05, 0) is 74.5 Å². The first-order chi connectivity index (χ1) is 15.1. The van der Waals surface area contributed by atoms with Gasteiger partial charge in [-0.2, -0.15) is 0 Å². The SMILES string of the molecule is C=CCOc1ccccc1CN1CCC2(CC1)CCN(C(=O)c1ccc(Cl)cc1)CC2. The van der Waals surface area contributed by atoms with E-state index in [1.807, 2.05) is 29.2 Å². The number of rotatable bonds is 6. The lowest BCUT2D eigenvalue weighted by Gasteiger charge is -2.47. The van der Waals surface area contributed by atoms with Gasteiger partial charge < -0.3 is 9.64 Å². The lowest BCUT2D eigenvalue weighted by molar-refractivity contribution is 0.0283. The molecule has 2 aliphatic rings. The first-order valence-corrected chi connectivity index (χ1v) is 11.6. The molecule has 0 aliphatic carbocycles. The van der Waals surface area contributed by atoms with Crippen LogP contribution in [0.15, 0.2) is 61.2 Å². The zero-order valence-electron chi connectivity index (χ0n) is 18.1. The van der Waals surface area contributed by atoms with E-state index >= 15 is 0 Å². The summed E-state index contributed by atoms with van der Waals surface area (Å²) in [6.07, 6.45) is 6.38. The largest absolute Gasteiger partial charge is 0.489 e. The number of nitrogens with zero attached hydrogens (tertiary/aromatic N) is 2. The summed E-state index contributed by atoms with van der Waals surface area (Å²) in [6.45, 7) is 9.09. The van der Waals surface area contributed by atoms with Crippen LogP contribution in [0.5, 0.6) is 5.75 Å². The monoisotopic (exact) mass is 438 g/mol. The molecule has 0 saturated carbocycles. The van der Waals surface area contributed by atoms with Crippen LogP contribution in [0.4, 0.5) is 0 Å². The van der Waals surface area contributed by atoms with E-state index in [0.717, 1.165) is 56.9 Å². The van der Waals surface area contributed by atoms with Gasteiger partial charge in [0.05, 0.1) is 0 Å². The molecule has 4 nitrogen and oxygen atoms in total. The van der Waals surface area contributed by atoms with Crippen molar-refractivity contribution in [3.05, 3.63) is 77.3 Å². The van der Waals surface area contributed by atoms with Crippen molar-refractivity contribution in [3.8, 4) is 5.75 Å². The Bertz CT molecular complexity index is 894. The van der Waals surface area contributed by atoms with Crippen molar-refractivity contribution in [1.82, 2.24) is 9.80 Å². The normalized spacial score (nSPS) is 18.7. The molecule has 164 valence electrons. The Hall–Kier alpha value is -2.30. The molecular weight excluding hydrogens is 408 g/mol. The first kappa shape index (κ1) is 21.9. The van der Waals surface area contributed by atoms with E-state index in [1.165, 1.54) is 18.4 Å². The van der Waals surface area contributed by atoms with Gasteiger partial charge in [-0.15, -0.1) is 0 Å². The highest BCUT2D eigenvalue weighted by Crippen LogP contribution is 2.42. The predicted octanol–water partition coefficient (Wildman–Crippen LogP) is 5.42. The molecule has 0 aromatic heterocycles. The minimum absolute atomic E-state index is 0.125. The highest BCUT2D eigenvalue weighted by Gasteiger charge is 2.38. The molecule has 1 amide bonds. The molecule has 0 N–H and O–H groups in total. The third-order valence-corrected chi connectivity index (χ3v) is 7.09. The Morgan fingerprint density at radius 1 is 1.00 bits per heavy atom. The van der Waals surface area contributed by atoms with Gasteiger partial charge >= 0.3 is 0 Å². The average Bonchev–Trinajstić information content (AvgIpc) is 2.81. The van der Waals surface area contributed by atoms with Gasteiger partial charge in [0.15, 0.2) is 0 Å². The molecule has 2 saturated heterocycles. The van der Waals surface area contributed by atoms with Gasteiger partial charge in [0.25, 0.3) is 5.91 Å². The molecule has 2 fully saturated rings. The van der Waals surface area contributed by atoms with E-state index < -0.39 is 0 Å². The third-order valence-electron chi connectivity index (χ3n) is 6.84. The lowest BCUT2D eigenvalue weighted by Crippen LogP contribution is -2.48. The van der Waals surface area contributed by atoms with Crippen LogP contribution in [0, 0.1) is 5.41 Å². The number of piperidine rings is 2. The first-order valence-electron chi connectivity index (χ1n) is 11.2. The molecule has 31 heavy (non-hydrogen) atoms. The topological polar surface area (TPSA) is 32.8 Å². The summed E-state index contributed by atoms with van der Waals surface area (Å²) in [5, 5.41) is 0.663. The van der Waals surface area contributed by atoms with Crippen LogP contribution in [0.3, 0.4) is 0 Å². The third kappa shape index (κ3) is 5.31. The van der Waals surface area contributed by atoms with Crippen molar-refractivity contribution < 1.29 is 9.53 Å². The second kappa shape index (κ2) is 9.88. The van der Waals surface area contributed by atoms with E-state index in [4.69, 9.17) is 16.3 Å². The Kier molecular flexibility index (Phi) is 6.99. The van der Waals surface area contributed by atoms with Gasteiger partial charge in [-0.3, -0.25) is 9.69 Å². The van der Waals surface area contributed by atoms with Gasteiger partial charge in [-0.25, -0.2) is 0 Å². The van der Waals surface area contributed by atoms with Crippen molar-refractivity contribution in [1.29, 1.82) is 0 Å². The van der Waals surface area contributed by atoms with Crippen molar-refractivity contribution in [2.75, 3.05) is 32.8 Å². The fourth-order valence-electron chi connectivity index (χ4n) is 4.81. The Morgan fingerprint density at radius 2 is 1.65 bits per heavy atom. The number of carbonyl (C=O) groups is 1. The average molecular weight is 439 g/mol. The van der Waals surface area contributed by atoms with Crippen molar-refractivity contribution in [2.45, 2.75) is 32.2 Å². The van der Waals surface area contributed by atoms with Crippen molar-refractivity contribution in [3.63, 3.8) is 0 Å². The van der Waals surface area contributed by atoms with E-state index in [-0.39, 0.29) is 5.91 Å². The Labute approximate surface area is 190 Å². The van der Waals surface area contributed by atoms with Gasteiger partial charge in [-0.1, -0.05) is 42.5 Å². The Morgan fingerprint density at radius 3 is 2.32 bits per heavy atom. The second-order valence-corrected chi connectivity index (χ2v) is 9.22. The van der Waals surface area contributed by atoms with Crippen LogP contribution in [0.1, 0.15) is 41.6 Å². The molecule has 2 aliphatic heterocycles. The molecule has 2 heterocycles. The summed E-state index contributed by atoms with van der Waals surface area (Å²) >= 11 is 5.95. The number of hydrogen-bond donors (Lipinski definition) is 0. The van der Waals surface area contributed by atoms with Crippen LogP contribution in [-0.4, -0.2) is 48.5 Å². The number of amides is 1. The maximum Gasteiger partial charge on any atom is 0.253 e. The lowest BCUT2D eigenvalue weighted by atomic mass is 9.71. The van der Waals surface area contributed by atoms with Gasteiger partial charge in [0.1, 0.15) is 12.4 Å². The summed E-state index contributed by atoms with van der Waals surface area (Å²) in [5.74, 6) is 1.08. The van der Waals surface area contributed by atoms with Crippen LogP contribution >= 0.6 is 11.6 Å². The quantitative estimate of drug-likeness (QED) is 0.564. The molecule has 4 rings (SSSR count). The molecule has 5 heteroatoms. The van der Waals surface area contributed by atoms with E-state index in [2.05, 4.69) is 23.6 Å². The molecule has 0 unspecified atom stereocenters. The zero-order chi connectivity index (χ0) is 21.7. The molecule has 1 spiro atoms. The summed E-state index contributed by atoms with van der Waals surface area (Å²) in [7, 11) is 0. The highest BCUT2D eigenvalue weighted by atomic mass is 35.5. The molecule has 2 aromatic rings. The fraction of sp³-hybridized carbons (Fsp3) is 0.423. The van der Waals surface area contributed by atoms with Crippen molar-refractivity contribution in [2.24, 2.45) is 5.41 Å². The molecule has 0 radical (unpaired) electrons. The standard InChI is InChI=1S/C26H31ClN2O2/c1-2-19-31-24-6-4-3-5-22(24)20-28-15-11-26(12-16-28)13-17-29(18-14-26)25(30)21-7-9-23(27)10-8-21/h2-10H,1,11-20H2. The smallest absolute Gasteiger partial charge is 0.253 e. The number of ether oxygens (including phenoxy) is 1.